The fraction of sp³-hybridized carbons (Fsp3) is 0.0667. The molecule has 0 spiro atoms. The minimum atomic E-state index is -0.530. The van der Waals surface area contributed by atoms with Crippen LogP contribution in [0.1, 0.15) is 20.7 Å². The van der Waals surface area contributed by atoms with E-state index in [0.29, 0.717) is 23.2 Å². The summed E-state index contributed by atoms with van der Waals surface area (Å²) in [5, 5.41) is 0. The Balaban J connectivity index is 2.20. The third-order valence-corrected chi connectivity index (χ3v) is 3.12. The molecule has 102 valence electrons. The largest absolute Gasteiger partial charge is 0.497 e. The van der Waals surface area contributed by atoms with E-state index < -0.39 is 5.97 Å². The summed E-state index contributed by atoms with van der Waals surface area (Å²) in [5.41, 5.74) is 0.687. The van der Waals surface area contributed by atoms with E-state index in [1.807, 2.05) is 0 Å². The van der Waals surface area contributed by atoms with Crippen molar-refractivity contribution in [1.82, 2.24) is 0 Å². The lowest BCUT2D eigenvalue weighted by molar-refractivity contribution is 0.0733. The molecule has 5 heteroatoms. The van der Waals surface area contributed by atoms with E-state index in [1.54, 1.807) is 49.6 Å². The molecule has 20 heavy (non-hydrogen) atoms. The van der Waals surface area contributed by atoms with Crippen molar-refractivity contribution < 1.29 is 19.1 Å². The number of halogens is 1. The molecule has 0 aliphatic rings. The number of benzene rings is 2. The zero-order valence-corrected chi connectivity index (χ0v) is 12.2. The molecule has 0 atom stereocenters. The summed E-state index contributed by atoms with van der Waals surface area (Å²) in [6.07, 6.45) is 0.640. The molecule has 0 unspecified atom stereocenters. The van der Waals surface area contributed by atoms with Crippen LogP contribution in [0.5, 0.6) is 11.5 Å². The van der Waals surface area contributed by atoms with Gasteiger partial charge in [-0.3, -0.25) is 4.79 Å². The van der Waals surface area contributed by atoms with Crippen LogP contribution in [0.4, 0.5) is 0 Å². The monoisotopic (exact) mass is 334 g/mol. The summed E-state index contributed by atoms with van der Waals surface area (Å²) in [4.78, 5) is 22.9. The Morgan fingerprint density at radius 2 is 1.85 bits per heavy atom. The summed E-state index contributed by atoms with van der Waals surface area (Å²) in [7, 11) is 1.55. The lowest BCUT2D eigenvalue weighted by Gasteiger charge is -2.07. The van der Waals surface area contributed by atoms with Crippen LogP contribution in [0, 0.1) is 0 Å². The molecule has 0 heterocycles. The second kappa shape index (κ2) is 6.34. The standard InChI is InChI=1S/C15H11BrO4/c1-19-13-5-2-10(3-6-13)15(18)20-14-7-4-12(16)8-11(14)9-17/h2-9H,1H3. The third-order valence-electron chi connectivity index (χ3n) is 2.63. The first kappa shape index (κ1) is 14.3. The van der Waals surface area contributed by atoms with Gasteiger partial charge in [-0.2, -0.15) is 0 Å². The van der Waals surface area contributed by atoms with Gasteiger partial charge >= 0.3 is 5.97 Å². The van der Waals surface area contributed by atoms with Crippen molar-refractivity contribution in [2.45, 2.75) is 0 Å². The normalized spacial score (nSPS) is 9.90. The number of hydrogen-bond donors (Lipinski definition) is 0. The van der Waals surface area contributed by atoms with Crippen molar-refractivity contribution in [3.8, 4) is 11.5 Å². The number of esters is 1. The second-order valence-electron chi connectivity index (χ2n) is 3.92. The van der Waals surface area contributed by atoms with Crippen LogP contribution in [-0.4, -0.2) is 19.4 Å². The second-order valence-corrected chi connectivity index (χ2v) is 4.83. The first-order chi connectivity index (χ1) is 9.63. The average molecular weight is 335 g/mol. The molecule has 0 bridgehead atoms. The SMILES string of the molecule is COc1ccc(C(=O)Oc2ccc(Br)cc2C=O)cc1. The topological polar surface area (TPSA) is 52.6 Å². The van der Waals surface area contributed by atoms with Crippen molar-refractivity contribution in [3.63, 3.8) is 0 Å². The van der Waals surface area contributed by atoms with Gasteiger partial charge in [0.15, 0.2) is 6.29 Å². The van der Waals surface area contributed by atoms with E-state index in [0.717, 1.165) is 4.47 Å². The molecule has 0 radical (unpaired) electrons. The Morgan fingerprint density at radius 3 is 2.45 bits per heavy atom. The Bertz CT molecular complexity index is 635. The van der Waals surface area contributed by atoms with Gasteiger partial charge in [-0.1, -0.05) is 15.9 Å². The third kappa shape index (κ3) is 3.24. The summed E-state index contributed by atoms with van der Waals surface area (Å²) in [6.45, 7) is 0. The molecule has 0 N–H and O–H groups in total. The summed E-state index contributed by atoms with van der Waals surface area (Å²) >= 11 is 3.25. The van der Waals surface area contributed by atoms with E-state index in [4.69, 9.17) is 9.47 Å². The first-order valence-corrected chi connectivity index (χ1v) is 6.54. The molecular formula is C15H11BrO4. The van der Waals surface area contributed by atoms with E-state index in [9.17, 15) is 9.59 Å². The molecular weight excluding hydrogens is 324 g/mol. The van der Waals surface area contributed by atoms with Crippen molar-refractivity contribution in [2.75, 3.05) is 7.11 Å². The number of aldehydes is 1. The number of rotatable bonds is 4. The maximum absolute atomic E-state index is 12.0. The molecule has 0 amide bonds. The van der Waals surface area contributed by atoms with Crippen LogP contribution in [-0.2, 0) is 0 Å². The molecule has 0 fully saturated rings. The number of carbonyl (C=O) groups excluding carboxylic acids is 2. The van der Waals surface area contributed by atoms with Gasteiger partial charge in [0.2, 0.25) is 0 Å². The van der Waals surface area contributed by atoms with Crippen LogP contribution >= 0.6 is 15.9 Å². The van der Waals surface area contributed by atoms with Crippen molar-refractivity contribution in [1.29, 1.82) is 0 Å². The molecule has 0 aliphatic heterocycles. The predicted octanol–water partition coefficient (Wildman–Crippen LogP) is 3.49. The van der Waals surface area contributed by atoms with Crippen molar-refractivity contribution in [3.05, 3.63) is 58.1 Å². The quantitative estimate of drug-likeness (QED) is 0.488. The molecule has 2 aromatic rings. The smallest absolute Gasteiger partial charge is 0.343 e. The predicted molar refractivity (Wildman–Crippen MR) is 77.5 cm³/mol. The highest BCUT2D eigenvalue weighted by atomic mass is 79.9. The Morgan fingerprint density at radius 1 is 1.15 bits per heavy atom. The van der Waals surface area contributed by atoms with Crippen LogP contribution < -0.4 is 9.47 Å². The van der Waals surface area contributed by atoms with E-state index >= 15 is 0 Å². The maximum atomic E-state index is 12.0. The zero-order chi connectivity index (χ0) is 14.5. The minimum absolute atomic E-state index is 0.226. The van der Waals surface area contributed by atoms with E-state index in [2.05, 4.69) is 15.9 Å². The molecule has 4 nitrogen and oxygen atoms in total. The van der Waals surface area contributed by atoms with Crippen LogP contribution in [0.25, 0.3) is 0 Å². The van der Waals surface area contributed by atoms with Gasteiger partial charge in [-0.25, -0.2) is 4.79 Å². The highest BCUT2D eigenvalue weighted by Gasteiger charge is 2.12. The van der Waals surface area contributed by atoms with Crippen molar-refractivity contribution in [2.24, 2.45) is 0 Å². The number of hydrogen-bond acceptors (Lipinski definition) is 4. The molecule has 0 saturated heterocycles. The van der Waals surface area contributed by atoms with Gasteiger partial charge in [0.05, 0.1) is 18.2 Å². The fourth-order valence-electron chi connectivity index (χ4n) is 1.59. The van der Waals surface area contributed by atoms with Gasteiger partial charge in [-0.15, -0.1) is 0 Å². The summed E-state index contributed by atoms with van der Waals surface area (Å²) in [6, 6.07) is 11.4. The van der Waals surface area contributed by atoms with Crippen molar-refractivity contribution >= 4 is 28.2 Å². The fourth-order valence-corrected chi connectivity index (χ4v) is 1.97. The summed E-state index contributed by atoms with van der Waals surface area (Å²) in [5.74, 6) is 0.348. The average Bonchev–Trinajstić information content (AvgIpc) is 2.49. The van der Waals surface area contributed by atoms with E-state index in [1.165, 1.54) is 0 Å². The number of ether oxygens (including phenoxy) is 2. The van der Waals surface area contributed by atoms with Crippen LogP contribution in [0.2, 0.25) is 0 Å². The number of methoxy groups -OCH3 is 1. The van der Waals surface area contributed by atoms with Gasteiger partial charge in [0.25, 0.3) is 0 Å². The Hall–Kier alpha value is -2.14. The summed E-state index contributed by atoms with van der Waals surface area (Å²) < 4.78 is 11.0. The van der Waals surface area contributed by atoms with E-state index in [-0.39, 0.29) is 5.75 Å². The molecule has 0 aliphatic carbocycles. The Labute approximate surface area is 124 Å². The molecule has 0 aromatic heterocycles. The van der Waals surface area contributed by atoms with Gasteiger partial charge < -0.3 is 9.47 Å². The molecule has 2 rings (SSSR count). The lowest BCUT2D eigenvalue weighted by Crippen LogP contribution is -2.09. The van der Waals surface area contributed by atoms with Crippen LogP contribution in [0.3, 0.4) is 0 Å². The van der Waals surface area contributed by atoms with Gasteiger partial charge in [0, 0.05) is 4.47 Å². The maximum Gasteiger partial charge on any atom is 0.343 e. The Kier molecular flexibility index (Phi) is 4.53. The molecule has 0 saturated carbocycles. The van der Waals surface area contributed by atoms with Gasteiger partial charge in [-0.05, 0) is 42.5 Å². The van der Waals surface area contributed by atoms with Gasteiger partial charge in [0.1, 0.15) is 11.5 Å². The molecule has 2 aromatic carbocycles. The number of carbonyl (C=O) groups is 2. The lowest BCUT2D eigenvalue weighted by atomic mass is 10.2. The first-order valence-electron chi connectivity index (χ1n) is 5.75. The minimum Gasteiger partial charge on any atom is -0.497 e. The highest BCUT2D eigenvalue weighted by Crippen LogP contribution is 2.23. The zero-order valence-electron chi connectivity index (χ0n) is 10.6. The van der Waals surface area contributed by atoms with Crippen LogP contribution in [0.15, 0.2) is 46.9 Å². The highest BCUT2D eigenvalue weighted by molar-refractivity contribution is 9.10.